The van der Waals surface area contributed by atoms with Crippen LogP contribution in [0, 0.1) is 0 Å². The Bertz CT molecular complexity index is 3270. The Morgan fingerprint density at radius 3 is 1.58 bits per heavy atom. The molecule has 0 aliphatic carbocycles. The van der Waals surface area contributed by atoms with Crippen LogP contribution in [0.25, 0.3) is 18.2 Å². The number of esters is 5. The van der Waals surface area contributed by atoms with Gasteiger partial charge in [-0.1, -0.05) is 42.5 Å². The van der Waals surface area contributed by atoms with Crippen LogP contribution in [0.4, 0.5) is 0 Å². The van der Waals surface area contributed by atoms with Gasteiger partial charge in [0, 0.05) is 25.2 Å². The van der Waals surface area contributed by atoms with E-state index in [2.05, 4.69) is 0 Å². The number of aromatic hydroxyl groups is 3. The van der Waals surface area contributed by atoms with Crippen molar-refractivity contribution in [2.45, 2.75) is 123 Å². The molecule has 0 bridgehead atoms. The Labute approximate surface area is 528 Å². The maximum atomic E-state index is 14.3. The van der Waals surface area contributed by atoms with Gasteiger partial charge in [0.15, 0.2) is 54.1 Å². The van der Waals surface area contributed by atoms with Crippen molar-refractivity contribution in [3.8, 4) is 28.7 Å². The highest BCUT2D eigenvalue weighted by Crippen LogP contribution is 2.42. The largest absolute Gasteiger partial charge is 0.508 e. The first-order valence-corrected chi connectivity index (χ1v) is 28.6. The lowest BCUT2D eigenvalue weighted by Gasteiger charge is -2.50. The monoisotopic (exact) mass is 1310 g/mol. The first kappa shape index (κ1) is 70.7. The first-order chi connectivity index (χ1) is 44.5. The second kappa shape index (κ2) is 32.1. The molecular formula is C62H70O31. The third kappa shape index (κ3) is 17.5. The van der Waals surface area contributed by atoms with Crippen LogP contribution in [0.2, 0.25) is 0 Å². The smallest absolute Gasteiger partial charge is 0.338 e. The molecule has 504 valence electrons. The molecule has 31 heteroatoms. The van der Waals surface area contributed by atoms with E-state index in [0.717, 1.165) is 25.2 Å². The minimum atomic E-state index is -2.96. The molecule has 93 heavy (non-hydrogen) atoms. The molecule has 0 radical (unpaired) electrons. The van der Waals surface area contributed by atoms with E-state index in [1.807, 2.05) is 0 Å². The number of hydrogen-bond acceptors (Lipinski definition) is 31. The van der Waals surface area contributed by atoms with Gasteiger partial charge in [-0.3, -0.25) is 4.79 Å². The van der Waals surface area contributed by atoms with Gasteiger partial charge in [-0.2, -0.15) is 0 Å². The van der Waals surface area contributed by atoms with Gasteiger partial charge < -0.3 is 128 Å². The van der Waals surface area contributed by atoms with Crippen LogP contribution in [-0.4, -0.2) is 255 Å². The quantitative estimate of drug-likeness (QED) is 0.0207. The van der Waals surface area contributed by atoms with E-state index in [1.54, 1.807) is 6.07 Å². The summed E-state index contributed by atoms with van der Waals surface area (Å²) < 4.78 is 82.6. The second-order valence-electron chi connectivity index (χ2n) is 21.3. The van der Waals surface area contributed by atoms with E-state index in [1.165, 1.54) is 117 Å². The number of benzene rings is 4. The minimum absolute atomic E-state index is 0.0161. The topological polar surface area (TPSA) is 457 Å². The maximum Gasteiger partial charge on any atom is 0.338 e. The van der Waals surface area contributed by atoms with Crippen molar-refractivity contribution >= 4 is 48.1 Å². The van der Waals surface area contributed by atoms with Crippen molar-refractivity contribution in [1.82, 2.24) is 0 Å². The van der Waals surface area contributed by atoms with E-state index < -0.39 is 179 Å². The third-order valence-electron chi connectivity index (χ3n) is 15.0. The van der Waals surface area contributed by atoms with Crippen LogP contribution in [0.15, 0.2) is 109 Å². The lowest BCUT2D eigenvalue weighted by Crippen LogP contribution is -2.69. The summed E-state index contributed by atoms with van der Waals surface area (Å²) in [7, 11) is 2.56. The molecule has 0 saturated carbocycles. The molecule has 4 heterocycles. The van der Waals surface area contributed by atoms with E-state index in [4.69, 9.17) is 66.3 Å². The average molecular weight is 1310 g/mol. The molecule has 0 spiro atoms. The molecular weight excluding hydrogens is 1240 g/mol. The number of carbonyl (C=O) groups excluding carboxylic acids is 5. The lowest BCUT2D eigenvalue weighted by molar-refractivity contribution is -0.421. The van der Waals surface area contributed by atoms with Gasteiger partial charge in [0.1, 0.15) is 105 Å². The predicted octanol–water partition coefficient (Wildman–Crippen LogP) is -1.38. The van der Waals surface area contributed by atoms with Crippen LogP contribution >= 0.6 is 0 Å². The molecule has 4 aromatic rings. The summed E-state index contributed by atoms with van der Waals surface area (Å²) in [5.41, 5.74) is 0.842. The lowest BCUT2D eigenvalue weighted by atomic mass is 9.95. The van der Waals surface area contributed by atoms with E-state index in [-0.39, 0.29) is 39.9 Å². The molecule has 8 rings (SSSR count). The molecule has 12 N–H and O–H groups in total. The molecule has 4 fully saturated rings. The highest BCUT2D eigenvalue weighted by molar-refractivity contribution is 5.90. The second-order valence-corrected chi connectivity index (χ2v) is 21.3. The first-order valence-electron chi connectivity index (χ1n) is 28.6. The summed E-state index contributed by atoms with van der Waals surface area (Å²) in [6, 6.07) is 20.7. The van der Waals surface area contributed by atoms with Crippen LogP contribution in [-0.2, 0) is 76.0 Å². The van der Waals surface area contributed by atoms with Gasteiger partial charge in [0.25, 0.3) is 0 Å². The van der Waals surface area contributed by atoms with Crippen molar-refractivity contribution in [3.05, 3.63) is 131 Å². The third-order valence-corrected chi connectivity index (χ3v) is 15.0. The number of rotatable bonds is 25. The van der Waals surface area contributed by atoms with Crippen molar-refractivity contribution in [2.24, 2.45) is 0 Å². The number of hydrogen-bond donors (Lipinski definition) is 12. The summed E-state index contributed by atoms with van der Waals surface area (Å²) in [4.78, 5) is 68.1. The fourth-order valence-electron chi connectivity index (χ4n) is 10.0. The Balaban J connectivity index is 1.25. The van der Waals surface area contributed by atoms with Gasteiger partial charge in [0.05, 0.1) is 33.0 Å². The zero-order chi connectivity index (χ0) is 67.3. The van der Waals surface area contributed by atoms with Gasteiger partial charge in [-0.25, -0.2) is 19.2 Å². The number of phenols is 3. The van der Waals surface area contributed by atoms with Crippen molar-refractivity contribution in [2.75, 3.05) is 47.3 Å². The Hall–Kier alpha value is -8.19. The fraction of sp³-hybridized carbons (Fsp3) is 0.435. The Morgan fingerprint density at radius 1 is 0.505 bits per heavy atom. The average Bonchev–Trinajstić information content (AvgIpc) is 1.74. The van der Waals surface area contributed by atoms with Gasteiger partial charge >= 0.3 is 29.8 Å². The Morgan fingerprint density at radius 2 is 1.01 bits per heavy atom. The SMILES string of the molecule is COc1cc(/C=C/C(=O)OC[C@H]2O[C@@H](O[C@@H]3[C@@H](O[C@@H]4O[C@H](CO)[C@@H](O)[C@H](O)[C@H]4O)[C@@H](O[C@]4(COC(=O)/C=C/c5ccc(O)cc5)O[C@H](CO)[C@@H](O)[C@@H]4OC(=O)c4ccccc4)O[C@H](COC(C)=O)[C@H]3OC(=O)/C=C/c3ccc(O)c(OC)c3)[C@H](O)[C@@H](O)[C@@H]2O)ccc1O. The van der Waals surface area contributed by atoms with E-state index in [9.17, 15) is 85.3 Å². The molecule has 31 nitrogen and oxygen atoms in total. The molecule has 4 aliphatic heterocycles. The zero-order valence-electron chi connectivity index (χ0n) is 49.7. The highest BCUT2D eigenvalue weighted by Gasteiger charge is 2.64. The number of aliphatic hydroxyl groups excluding tert-OH is 9. The van der Waals surface area contributed by atoms with Crippen molar-refractivity contribution in [3.63, 3.8) is 0 Å². The van der Waals surface area contributed by atoms with E-state index >= 15 is 0 Å². The summed E-state index contributed by atoms with van der Waals surface area (Å²) >= 11 is 0. The Kier molecular flexibility index (Phi) is 24.4. The molecule has 0 amide bonds. The maximum absolute atomic E-state index is 14.3. The number of aliphatic hydroxyl groups is 9. The van der Waals surface area contributed by atoms with Crippen LogP contribution < -0.4 is 9.47 Å². The number of ether oxygens (including phenoxy) is 14. The summed E-state index contributed by atoms with van der Waals surface area (Å²) in [6.45, 7) is -4.30. The molecule has 19 atom stereocenters. The summed E-state index contributed by atoms with van der Waals surface area (Å²) in [6.07, 6.45) is -32.5. The van der Waals surface area contributed by atoms with Crippen molar-refractivity contribution < 1.29 is 152 Å². The fourth-order valence-corrected chi connectivity index (χ4v) is 10.0. The standard InChI is InChI=1S/C62H70O31/c1-30(65)82-28-43-54(88-46(71)22-15-33-12-19-37(68)39(24-33)81-3)55(89-60-53(78)51(76)48(73)42(86-60)27-83-44(69)21-14-32-11-18-36(67)38(23-32)80-2)56(90-59-52(77)50(75)47(72)40(25-63)85-59)61(87-43)93-62(29-84-45(70)20-13-31-9-16-35(66)17-10-31)57(49(74)41(26-64)92-62)91-58(79)34-7-5-4-6-8-34/h4-24,40-43,47-57,59-61,63-64,66-68,72-78H,25-29H2,1-3H3/b20-13+,21-14+,22-15+/t40-,41-,42-,43-,47-,48-,49-,50+,51+,52-,53-,54-,55+,56-,57+,59+,60+,61-,62+/m1/s1. The molecule has 0 aromatic heterocycles. The van der Waals surface area contributed by atoms with Gasteiger partial charge in [0.2, 0.25) is 5.79 Å². The number of phenolic OH excluding ortho intramolecular Hbond substituents is 3. The van der Waals surface area contributed by atoms with E-state index in [0.29, 0.717) is 11.1 Å². The molecule has 4 saturated heterocycles. The van der Waals surface area contributed by atoms with Crippen LogP contribution in [0.1, 0.15) is 34.0 Å². The highest BCUT2D eigenvalue weighted by atomic mass is 16.8. The number of methoxy groups -OCH3 is 2. The molecule has 0 unspecified atom stereocenters. The van der Waals surface area contributed by atoms with Crippen LogP contribution in [0.3, 0.4) is 0 Å². The molecule has 4 aromatic carbocycles. The normalized spacial score (nSPS) is 31.2. The zero-order valence-corrected chi connectivity index (χ0v) is 49.7. The van der Waals surface area contributed by atoms with Gasteiger partial charge in [-0.05, 0) is 83.4 Å². The number of carbonyl (C=O) groups is 5. The molecule has 4 aliphatic rings. The van der Waals surface area contributed by atoms with Crippen LogP contribution in [0.5, 0.6) is 28.7 Å². The van der Waals surface area contributed by atoms with Crippen molar-refractivity contribution in [1.29, 1.82) is 0 Å². The summed E-state index contributed by atoms with van der Waals surface area (Å²) in [5.74, 6) is -9.19. The minimum Gasteiger partial charge on any atom is -0.508 e. The van der Waals surface area contributed by atoms with Gasteiger partial charge in [-0.15, -0.1) is 0 Å². The summed E-state index contributed by atoms with van der Waals surface area (Å²) in [5, 5.41) is 131. The predicted molar refractivity (Wildman–Crippen MR) is 309 cm³/mol.